The molecule has 1 aromatic heterocycles. The standard InChI is InChI=1S/C23H32N2O2/c1-3-4-12-23(14-10-20(26)27-2)13-7-15-25-16-11-18-17-8-5-6-9-19(17)24-21(18)22(23)25/h5-6,8-9,22,24H,3-4,7,10-16H2,1-2H3/t22-,23-/m1/s1. The van der Waals surface area contributed by atoms with Crippen LogP contribution in [0.1, 0.15) is 69.2 Å². The van der Waals surface area contributed by atoms with Crippen LogP contribution in [0.4, 0.5) is 0 Å². The predicted molar refractivity (Wildman–Crippen MR) is 109 cm³/mol. The maximum Gasteiger partial charge on any atom is 0.305 e. The molecule has 4 heteroatoms. The highest BCUT2D eigenvalue weighted by Crippen LogP contribution is 2.54. The van der Waals surface area contributed by atoms with E-state index < -0.39 is 0 Å². The third-order valence-electron chi connectivity index (χ3n) is 6.92. The van der Waals surface area contributed by atoms with E-state index in [0.29, 0.717) is 12.5 Å². The Hall–Kier alpha value is -1.81. The molecule has 0 amide bonds. The molecule has 4 rings (SSSR count). The molecule has 3 heterocycles. The number of hydrogen-bond donors (Lipinski definition) is 1. The highest BCUT2D eigenvalue weighted by atomic mass is 16.5. The van der Waals surface area contributed by atoms with Crippen molar-refractivity contribution in [3.8, 4) is 0 Å². The molecule has 1 fully saturated rings. The van der Waals surface area contributed by atoms with Gasteiger partial charge in [0.1, 0.15) is 0 Å². The van der Waals surface area contributed by atoms with Crippen LogP contribution < -0.4 is 0 Å². The fraction of sp³-hybridized carbons (Fsp3) is 0.609. The summed E-state index contributed by atoms with van der Waals surface area (Å²) in [5.74, 6) is -0.0734. The van der Waals surface area contributed by atoms with Gasteiger partial charge in [0.05, 0.1) is 13.2 Å². The fourth-order valence-electron chi connectivity index (χ4n) is 5.63. The Morgan fingerprint density at radius 3 is 2.96 bits per heavy atom. The summed E-state index contributed by atoms with van der Waals surface area (Å²) in [5.41, 5.74) is 4.35. The topological polar surface area (TPSA) is 45.3 Å². The van der Waals surface area contributed by atoms with Crippen molar-refractivity contribution >= 4 is 16.9 Å². The Morgan fingerprint density at radius 1 is 1.30 bits per heavy atom. The molecular formula is C23H32N2O2. The van der Waals surface area contributed by atoms with E-state index in [4.69, 9.17) is 4.74 Å². The van der Waals surface area contributed by atoms with Crippen molar-refractivity contribution < 1.29 is 9.53 Å². The lowest BCUT2D eigenvalue weighted by Crippen LogP contribution is -2.49. The van der Waals surface area contributed by atoms with Crippen LogP contribution in [0.5, 0.6) is 0 Å². The van der Waals surface area contributed by atoms with E-state index in [1.54, 1.807) is 0 Å². The lowest BCUT2D eigenvalue weighted by atomic mass is 9.64. The number of para-hydroxylation sites is 1. The largest absolute Gasteiger partial charge is 0.469 e. The normalized spacial score (nSPS) is 25.2. The molecule has 2 aliphatic heterocycles. The SMILES string of the molecule is CCCC[C@]1(CCC(=O)OC)CCCN2CCc3c([nH]c4ccccc34)[C@@H]21. The number of piperidine rings is 1. The molecule has 27 heavy (non-hydrogen) atoms. The zero-order valence-electron chi connectivity index (χ0n) is 16.7. The number of aromatic amines is 1. The van der Waals surface area contributed by atoms with Crippen molar-refractivity contribution in [3.63, 3.8) is 0 Å². The number of benzene rings is 1. The molecule has 0 saturated carbocycles. The van der Waals surface area contributed by atoms with E-state index in [-0.39, 0.29) is 11.4 Å². The Kier molecular flexibility index (Phi) is 5.27. The molecule has 0 spiro atoms. The highest BCUT2D eigenvalue weighted by Gasteiger charge is 2.47. The van der Waals surface area contributed by atoms with Crippen molar-refractivity contribution in [2.75, 3.05) is 20.2 Å². The summed E-state index contributed by atoms with van der Waals surface area (Å²) in [6, 6.07) is 9.11. The van der Waals surface area contributed by atoms with Gasteiger partial charge in [-0.05, 0) is 55.7 Å². The van der Waals surface area contributed by atoms with Crippen LogP contribution in [0.3, 0.4) is 0 Å². The first-order valence-electron chi connectivity index (χ1n) is 10.6. The molecule has 0 bridgehead atoms. The van der Waals surface area contributed by atoms with E-state index in [1.165, 1.54) is 67.9 Å². The second-order valence-corrected chi connectivity index (χ2v) is 8.40. The number of methoxy groups -OCH3 is 1. The van der Waals surface area contributed by atoms with E-state index >= 15 is 0 Å². The summed E-state index contributed by atoms with van der Waals surface area (Å²) in [6.07, 6.45) is 8.63. The van der Waals surface area contributed by atoms with Crippen LogP contribution in [0.25, 0.3) is 10.9 Å². The number of rotatable bonds is 6. The van der Waals surface area contributed by atoms with Gasteiger partial charge < -0.3 is 9.72 Å². The molecule has 0 unspecified atom stereocenters. The number of ether oxygens (including phenoxy) is 1. The summed E-state index contributed by atoms with van der Waals surface area (Å²) in [7, 11) is 1.50. The Labute approximate surface area is 162 Å². The lowest BCUT2D eigenvalue weighted by Gasteiger charge is -2.52. The Bertz CT molecular complexity index is 812. The minimum atomic E-state index is -0.0734. The molecule has 4 nitrogen and oxygen atoms in total. The Morgan fingerprint density at radius 2 is 2.15 bits per heavy atom. The average molecular weight is 369 g/mol. The van der Waals surface area contributed by atoms with E-state index in [1.807, 2.05) is 0 Å². The van der Waals surface area contributed by atoms with Gasteiger partial charge in [-0.15, -0.1) is 0 Å². The van der Waals surface area contributed by atoms with Crippen LogP contribution in [0.2, 0.25) is 0 Å². The number of nitrogens with one attached hydrogen (secondary N) is 1. The number of H-pyrrole nitrogens is 1. The van der Waals surface area contributed by atoms with Gasteiger partial charge in [-0.3, -0.25) is 9.69 Å². The predicted octanol–water partition coefficient (Wildman–Crippen LogP) is 4.99. The fourth-order valence-corrected chi connectivity index (χ4v) is 5.63. The van der Waals surface area contributed by atoms with Gasteiger partial charge in [-0.2, -0.15) is 0 Å². The molecular weight excluding hydrogens is 336 g/mol. The number of carbonyl (C=O) groups excluding carboxylic acids is 1. The molecule has 2 aliphatic rings. The molecule has 2 aromatic rings. The van der Waals surface area contributed by atoms with Crippen molar-refractivity contribution in [2.45, 2.75) is 64.3 Å². The van der Waals surface area contributed by atoms with E-state index in [0.717, 1.165) is 19.4 Å². The second-order valence-electron chi connectivity index (χ2n) is 8.40. The molecule has 1 aromatic carbocycles. The average Bonchev–Trinajstić information content (AvgIpc) is 3.09. The highest BCUT2D eigenvalue weighted by molar-refractivity contribution is 5.85. The first kappa shape index (κ1) is 18.5. The first-order chi connectivity index (χ1) is 13.2. The van der Waals surface area contributed by atoms with Crippen molar-refractivity contribution in [1.82, 2.24) is 9.88 Å². The minimum Gasteiger partial charge on any atom is -0.469 e. The van der Waals surface area contributed by atoms with E-state index in [2.05, 4.69) is 41.1 Å². The lowest BCUT2D eigenvalue weighted by molar-refractivity contribution is -0.142. The molecule has 1 saturated heterocycles. The monoisotopic (exact) mass is 368 g/mol. The molecule has 2 atom stereocenters. The van der Waals surface area contributed by atoms with Crippen molar-refractivity contribution in [3.05, 3.63) is 35.5 Å². The summed E-state index contributed by atoms with van der Waals surface area (Å²) in [6.45, 7) is 4.57. The number of esters is 1. The van der Waals surface area contributed by atoms with Gasteiger partial charge in [-0.25, -0.2) is 0 Å². The van der Waals surface area contributed by atoms with Gasteiger partial charge in [0.25, 0.3) is 0 Å². The molecule has 1 N–H and O–H groups in total. The van der Waals surface area contributed by atoms with Crippen LogP contribution in [0.15, 0.2) is 24.3 Å². The van der Waals surface area contributed by atoms with Gasteiger partial charge in [-0.1, -0.05) is 38.0 Å². The summed E-state index contributed by atoms with van der Waals surface area (Å²) in [4.78, 5) is 18.5. The molecule has 146 valence electrons. The van der Waals surface area contributed by atoms with Crippen LogP contribution >= 0.6 is 0 Å². The number of nitrogens with zero attached hydrogens (tertiary/aromatic N) is 1. The van der Waals surface area contributed by atoms with Gasteiger partial charge in [0.15, 0.2) is 0 Å². The van der Waals surface area contributed by atoms with E-state index in [9.17, 15) is 4.79 Å². The third-order valence-corrected chi connectivity index (χ3v) is 6.92. The van der Waals surface area contributed by atoms with Crippen LogP contribution in [-0.2, 0) is 16.0 Å². The van der Waals surface area contributed by atoms with Gasteiger partial charge >= 0.3 is 5.97 Å². The number of unbranched alkanes of at least 4 members (excludes halogenated alkanes) is 1. The molecule has 0 radical (unpaired) electrons. The maximum absolute atomic E-state index is 12.0. The number of aromatic nitrogens is 1. The van der Waals surface area contributed by atoms with Crippen molar-refractivity contribution in [1.29, 1.82) is 0 Å². The maximum atomic E-state index is 12.0. The zero-order chi connectivity index (χ0) is 18.9. The third kappa shape index (κ3) is 3.29. The van der Waals surface area contributed by atoms with Crippen LogP contribution in [0, 0.1) is 5.41 Å². The van der Waals surface area contributed by atoms with Gasteiger partial charge in [0, 0.05) is 29.6 Å². The summed E-state index contributed by atoms with van der Waals surface area (Å²) < 4.78 is 4.98. The van der Waals surface area contributed by atoms with Crippen LogP contribution in [-0.4, -0.2) is 36.1 Å². The Balaban J connectivity index is 1.76. The van der Waals surface area contributed by atoms with Gasteiger partial charge in [0.2, 0.25) is 0 Å². The smallest absolute Gasteiger partial charge is 0.305 e. The summed E-state index contributed by atoms with van der Waals surface area (Å²) >= 11 is 0. The number of fused-ring (bicyclic) bond motifs is 5. The first-order valence-corrected chi connectivity index (χ1v) is 10.6. The summed E-state index contributed by atoms with van der Waals surface area (Å²) in [5, 5.41) is 1.38. The zero-order valence-corrected chi connectivity index (χ0v) is 16.7. The molecule has 0 aliphatic carbocycles. The minimum absolute atomic E-state index is 0.0734. The van der Waals surface area contributed by atoms with Crippen molar-refractivity contribution in [2.24, 2.45) is 5.41 Å². The quantitative estimate of drug-likeness (QED) is 0.731. The number of carbonyl (C=O) groups is 1. The number of hydrogen-bond acceptors (Lipinski definition) is 3. The second kappa shape index (κ2) is 7.67.